The first-order valence-corrected chi connectivity index (χ1v) is 7.01. The number of aldehydes is 1. The lowest BCUT2D eigenvalue weighted by molar-refractivity contribution is -0.136. The molecule has 1 aromatic carbocycles. The maximum absolute atomic E-state index is 12.2. The van der Waals surface area contributed by atoms with E-state index in [4.69, 9.17) is 0 Å². The van der Waals surface area contributed by atoms with Gasteiger partial charge in [-0.2, -0.15) is 0 Å². The number of benzene rings is 1. The molecule has 2 amide bonds. The fourth-order valence-corrected chi connectivity index (χ4v) is 2.24. The van der Waals surface area contributed by atoms with Crippen molar-refractivity contribution in [2.75, 3.05) is 6.54 Å². The molecule has 2 N–H and O–H groups in total. The van der Waals surface area contributed by atoms with Gasteiger partial charge in [0.05, 0.1) is 6.54 Å². The topological polar surface area (TPSA) is 78.5 Å². The van der Waals surface area contributed by atoms with E-state index in [0.29, 0.717) is 19.4 Å². The number of nitrogens with zero attached hydrogens (tertiary/aromatic N) is 1. The first-order chi connectivity index (χ1) is 10.2. The van der Waals surface area contributed by atoms with Crippen molar-refractivity contribution in [1.29, 1.82) is 0 Å². The summed E-state index contributed by atoms with van der Waals surface area (Å²) in [6.07, 6.45) is 1.34. The number of hydrogen-bond acceptors (Lipinski definition) is 4. The zero-order valence-corrected chi connectivity index (χ0v) is 11.9. The van der Waals surface area contributed by atoms with Gasteiger partial charge in [0.1, 0.15) is 18.2 Å². The normalized spacial score (nSPS) is 21.4. The van der Waals surface area contributed by atoms with E-state index in [1.165, 1.54) is 5.01 Å². The van der Waals surface area contributed by atoms with Gasteiger partial charge >= 0.3 is 0 Å². The van der Waals surface area contributed by atoms with Crippen molar-refractivity contribution in [2.24, 2.45) is 5.92 Å². The molecule has 1 aliphatic heterocycles. The smallest absolute Gasteiger partial charge is 0.249 e. The van der Waals surface area contributed by atoms with E-state index in [0.717, 1.165) is 12.0 Å². The van der Waals surface area contributed by atoms with Crippen molar-refractivity contribution in [3.05, 3.63) is 35.9 Å². The van der Waals surface area contributed by atoms with Crippen molar-refractivity contribution in [3.63, 3.8) is 0 Å². The summed E-state index contributed by atoms with van der Waals surface area (Å²) < 4.78 is 0. The molecule has 0 spiro atoms. The predicted octanol–water partition coefficient (Wildman–Crippen LogP) is 0.243. The van der Waals surface area contributed by atoms with Crippen LogP contribution in [0.5, 0.6) is 0 Å². The Morgan fingerprint density at radius 1 is 1.38 bits per heavy atom. The second kappa shape index (κ2) is 6.99. The number of hydrogen-bond donors (Lipinski definition) is 2. The molecule has 2 atom stereocenters. The lowest BCUT2D eigenvalue weighted by Gasteiger charge is -2.17. The van der Waals surface area contributed by atoms with Crippen LogP contribution in [0.1, 0.15) is 18.9 Å². The fraction of sp³-hybridized carbons (Fsp3) is 0.400. The summed E-state index contributed by atoms with van der Waals surface area (Å²) in [4.78, 5) is 35.3. The molecule has 6 nitrogen and oxygen atoms in total. The van der Waals surface area contributed by atoms with Crippen LogP contribution in [0.3, 0.4) is 0 Å². The number of carbonyl (C=O) groups excluding carboxylic acids is 3. The standard InChI is InChI=1S/C15H19N3O3/c1-2-8-16-14(20)13-12(10-19)15(21)18(17-13)9-11-6-4-3-5-7-11/h3-7,10,12-13,17H,2,8-9H2,1H3,(H,16,20). The zero-order valence-electron chi connectivity index (χ0n) is 11.9. The van der Waals surface area contributed by atoms with Gasteiger partial charge in [-0.3, -0.25) is 14.6 Å². The summed E-state index contributed by atoms with van der Waals surface area (Å²) in [5.74, 6) is -1.66. The first-order valence-electron chi connectivity index (χ1n) is 7.01. The maximum Gasteiger partial charge on any atom is 0.249 e. The lowest BCUT2D eigenvalue weighted by atomic mass is 10.0. The highest BCUT2D eigenvalue weighted by Gasteiger charge is 2.43. The van der Waals surface area contributed by atoms with Crippen LogP contribution in [-0.2, 0) is 20.9 Å². The number of amides is 2. The molecule has 1 aliphatic rings. The van der Waals surface area contributed by atoms with E-state index in [-0.39, 0.29) is 11.8 Å². The van der Waals surface area contributed by atoms with Crippen molar-refractivity contribution in [3.8, 4) is 0 Å². The summed E-state index contributed by atoms with van der Waals surface area (Å²) in [6, 6.07) is 8.57. The van der Waals surface area contributed by atoms with Crippen molar-refractivity contribution >= 4 is 18.1 Å². The van der Waals surface area contributed by atoms with Crippen molar-refractivity contribution < 1.29 is 14.4 Å². The van der Waals surface area contributed by atoms with Gasteiger partial charge in [-0.15, -0.1) is 0 Å². The van der Waals surface area contributed by atoms with E-state index >= 15 is 0 Å². The summed E-state index contributed by atoms with van der Waals surface area (Å²) >= 11 is 0. The van der Waals surface area contributed by atoms with Gasteiger partial charge in [0.25, 0.3) is 0 Å². The Kier molecular flexibility index (Phi) is 5.05. The molecule has 1 aromatic rings. The Labute approximate surface area is 123 Å². The van der Waals surface area contributed by atoms with Crippen LogP contribution in [-0.4, -0.2) is 35.7 Å². The van der Waals surface area contributed by atoms with E-state index in [9.17, 15) is 14.4 Å². The van der Waals surface area contributed by atoms with Crippen LogP contribution in [0.25, 0.3) is 0 Å². The first kappa shape index (κ1) is 15.2. The molecule has 0 aromatic heterocycles. The van der Waals surface area contributed by atoms with Crippen LogP contribution in [0.15, 0.2) is 30.3 Å². The van der Waals surface area contributed by atoms with Gasteiger partial charge in [-0.1, -0.05) is 37.3 Å². The molecule has 1 saturated heterocycles. The maximum atomic E-state index is 12.2. The highest BCUT2D eigenvalue weighted by molar-refractivity contribution is 6.01. The van der Waals surface area contributed by atoms with Crippen LogP contribution in [0.4, 0.5) is 0 Å². The molecule has 112 valence electrons. The molecule has 2 unspecified atom stereocenters. The lowest BCUT2D eigenvalue weighted by Crippen LogP contribution is -2.47. The van der Waals surface area contributed by atoms with E-state index < -0.39 is 12.0 Å². The molecule has 0 bridgehead atoms. The monoisotopic (exact) mass is 289 g/mol. The Balaban J connectivity index is 2.07. The highest BCUT2D eigenvalue weighted by atomic mass is 16.2. The molecule has 0 radical (unpaired) electrons. The summed E-state index contributed by atoms with van der Waals surface area (Å²) in [5, 5.41) is 4.04. The van der Waals surface area contributed by atoms with Crippen LogP contribution >= 0.6 is 0 Å². The molecule has 1 fully saturated rings. The van der Waals surface area contributed by atoms with E-state index in [2.05, 4.69) is 10.7 Å². The average Bonchev–Trinajstić information content (AvgIpc) is 2.82. The van der Waals surface area contributed by atoms with Gasteiger partial charge in [0, 0.05) is 6.54 Å². The molecule has 2 rings (SSSR count). The Hall–Kier alpha value is -2.21. The Bertz CT molecular complexity index is 518. The minimum atomic E-state index is -0.967. The van der Waals surface area contributed by atoms with Gasteiger partial charge in [-0.05, 0) is 12.0 Å². The Morgan fingerprint density at radius 2 is 2.10 bits per heavy atom. The molecule has 1 heterocycles. The predicted molar refractivity (Wildman–Crippen MR) is 76.8 cm³/mol. The van der Waals surface area contributed by atoms with Crippen molar-refractivity contribution in [1.82, 2.24) is 15.8 Å². The second-order valence-electron chi connectivity index (χ2n) is 4.97. The number of nitrogens with one attached hydrogen (secondary N) is 2. The number of carbonyl (C=O) groups is 3. The van der Waals surface area contributed by atoms with E-state index in [1.807, 2.05) is 37.3 Å². The van der Waals surface area contributed by atoms with Crippen molar-refractivity contribution in [2.45, 2.75) is 25.9 Å². The van der Waals surface area contributed by atoms with Gasteiger partial charge in [0.15, 0.2) is 0 Å². The van der Waals surface area contributed by atoms with Crippen LogP contribution in [0, 0.1) is 5.92 Å². The fourth-order valence-electron chi connectivity index (χ4n) is 2.24. The minimum Gasteiger partial charge on any atom is -0.355 e. The minimum absolute atomic E-state index is 0.321. The zero-order chi connectivity index (χ0) is 15.2. The van der Waals surface area contributed by atoms with Gasteiger partial charge < -0.3 is 10.1 Å². The van der Waals surface area contributed by atoms with Gasteiger partial charge in [0.2, 0.25) is 11.8 Å². The van der Waals surface area contributed by atoms with Crippen LogP contribution in [0.2, 0.25) is 0 Å². The summed E-state index contributed by atoms with van der Waals surface area (Å²) in [5.41, 5.74) is 3.77. The highest BCUT2D eigenvalue weighted by Crippen LogP contribution is 2.17. The van der Waals surface area contributed by atoms with E-state index in [1.54, 1.807) is 0 Å². The third-order valence-electron chi connectivity index (χ3n) is 3.37. The molecule has 21 heavy (non-hydrogen) atoms. The number of rotatable bonds is 6. The molecular weight excluding hydrogens is 270 g/mol. The molecule has 6 heteroatoms. The molecule has 0 saturated carbocycles. The molecule has 0 aliphatic carbocycles. The quantitative estimate of drug-likeness (QED) is 0.581. The third-order valence-corrected chi connectivity index (χ3v) is 3.37. The second-order valence-corrected chi connectivity index (χ2v) is 4.97. The summed E-state index contributed by atoms with van der Waals surface area (Å²) in [7, 11) is 0. The third kappa shape index (κ3) is 3.46. The largest absolute Gasteiger partial charge is 0.355 e. The van der Waals surface area contributed by atoms with Gasteiger partial charge in [-0.25, -0.2) is 5.43 Å². The summed E-state index contributed by atoms with van der Waals surface area (Å²) in [6.45, 7) is 2.78. The SMILES string of the molecule is CCCNC(=O)C1NN(Cc2ccccc2)C(=O)C1C=O. The average molecular weight is 289 g/mol. The molecular formula is C15H19N3O3. The number of hydrazine groups is 1. The van der Waals surface area contributed by atoms with Crippen LogP contribution < -0.4 is 10.7 Å². The Morgan fingerprint density at radius 3 is 2.71 bits per heavy atom.